The summed E-state index contributed by atoms with van der Waals surface area (Å²) < 4.78 is 39.9. The van der Waals surface area contributed by atoms with Crippen LogP contribution in [0.25, 0.3) is 11.0 Å². The largest absolute Gasteiger partial charge is 0.461 e. The summed E-state index contributed by atoms with van der Waals surface area (Å²) in [6, 6.07) is 13.1. The average molecular weight is 467 g/mol. The van der Waals surface area contributed by atoms with Crippen molar-refractivity contribution >= 4 is 32.7 Å². The van der Waals surface area contributed by atoms with Crippen molar-refractivity contribution in [1.82, 2.24) is 14.1 Å². The van der Waals surface area contributed by atoms with Crippen molar-refractivity contribution in [2.45, 2.75) is 18.2 Å². The molecule has 0 aliphatic carbocycles. The second kappa shape index (κ2) is 8.05. The number of benzene rings is 2. The van der Waals surface area contributed by atoms with E-state index < -0.39 is 10.0 Å². The highest BCUT2D eigenvalue weighted by atomic mass is 32.2. The van der Waals surface area contributed by atoms with Crippen LogP contribution in [0, 0.1) is 6.92 Å². The van der Waals surface area contributed by atoms with E-state index in [2.05, 4.69) is 10.4 Å². The number of aromatic nitrogens is 2. The SMILES string of the molecule is Cc1cc2c(Oc3ccc(S(=O)(=O)N4CCC4)cc3)cc(C(=O)Nc3ccn(C)n3)cc2o1. The summed E-state index contributed by atoms with van der Waals surface area (Å²) in [4.78, 5) is 13.0. The van der Waals surface area contributed by atoms with Crippen molar-refractivity contribution in [2.75, 3.05) is 18.4 Å². The Hall–Kier alpha value is -3.63. The normalized spacial score (nSPS) is 14.2. The van der Waals surface area contributed by atoms with Gasteiger partial charge in [0.2, 0.25) is 10.0 Å². The number of hydrogen-bond donors (Lipinski definition) is 1. The molecule has 33 heavy (non-hydrogen) atoms. The van der Waals surface area contributed by atoms with E-state index in [1.807, 2.05) is 13.0 Å². The van der Waals surface area contributed by atoms with Crippen LogP contribution < -0.4 is 10.1 Å². The van der Waals surface area contributed by atoms with Crippen LogP contribution in [0.2, 0.25) is 0 Å². The fourth-order valence-electron chi connectivity index (χ4n) is 3.60. The first-order chi connectivity index (χ1) is 15.8. The number of sulfonamides is 1. The highest BCUT2D eigenvalue weighted by Crippen LogP contribution is 2.34. The third kappa shape index (κ3) is 4.10. The number of aryl methyl sites for hydroxylation is 2. The van der Waals surface area contributed by atoms with E-state index in [9.17, 15) is 13.2 Å². The molecule has 1 amide bonds. The molecule has 1 N–H and O–H groups in total. The highest BCUT2D eigenvalue weighted by Gasteiger charge is 2.29. The van der Waals surface area contributed by atoms with Crippen LogP contribution in [0.4, 0.5) is 5.82 Å². The number of carbonyl (C=O) groups is 1. The zero-order chi connectivity index (χ0) is 23.2. The summed E-state index contributed by atoms with van der Waals surface area (Å²) in [5.41, 5.74) is 0.850. The molecule has 0 spiro atoms. The van der Waals surface area contributed by atoms with Gasteiger partial charge in [-0.3, -0.25) is 9.48 Å². The number of carbonyl (C=O) groups excluding carboxylic acids is 1. The molecule has 2 aromatic heterocycles. The first kappa shape index (κ1) is 21.2. The van der Waals surface area contributed by atoms with E-state index in [1.54, 1.807) is 48.3 Å². The van der Waals surface area contributed by atoms with Crippen LogP contribution in [0.3, 0.4) is 0 Å². The van der Waals surface area contributed by atoms with E-state index in [0.29, 0.717) is 52.7 Å². The molecule has 1 aliphatic rings. The minimum absolute atomic E-state index is 0.224. The molecule has 2 aromatic carbocycles. The summed E-state index contributed by atoms with van der Waals surface area (Å²) in [6.07, 6.45) is 2.61. The number of rotatable bonds is 6. The molecule has 0 bridgehead atoms. The average Bonchev–Trinajstić information content (AvgIpc) is 3.31. The van der Waals surface area contributed by atoms with E-state index in [4.69, 9.17) is 9.15 Å². The van der Waals surface area contributed by atoms with E-state index in [0.717, 1.165) is 6.42 Å². The molecule has 0 atom stereocenters. The maximum atomic E-state index is 12.8. The lowest BCUT2D eigenvalue weighted by atomic mass is 10.1. The van der Waals surface area contributed by atoms with Gasteiger partial charge >= 0.3 is 0 Å². The lowest BCUT2D eigenvalue weighted by molar-refractivity contribution is 0.102. The quantitative estimate of drug-likeness (QED) is 0.462. The van der Waals surface area contributed by atoms with Crippen molar-refractivity contribution < 1.29 is 22.4 Å². The maximum absolute atomic E-state index is 12.8. The van der Waals surface area contributed by atoms with Gasteiger partial charge in [-0.25, -0.2) is 8.42 Å². The molecule has 0 saturated carbocycles. The van der Waals surface area contributed by atoms with Gasteiger partial charge in [-0.15, -0.1) is 0 Å². The van der Waals surface area contributed by atoms with Crippen molar-refractivity contribution in [3.63, 3.8) is 0 Å². The minimum Gasteiger partial charge on any atom is -0.461 e. The Labute approximate surface area is 190 Å². The Morgan fingerprint density at radius 2 is 1.88 bits per heavy atom. The first-order valence-electron chi connectivity index (χ1n) is 10.4. The number of amides is 1. The molecule has 170 valence electrons. The third-order valence-electron chi connectivity index (χ3n) is 5.44. The molecule has 5 rings (SSSR count). The predicted octanol–water partition coefficient (Wildman–Crippen LogP) is 3.91. The summed E-state index contributed by atoms with van der Waals surface area (Å²) >= 11 is 0. The molecule has 9 nitrogen and oxygen atoms in total. The Balaban J connectivity index is 1.44. The number of hydrogen-bond acceptors (Lipinski definition) is 6. The number of nitrogens with zero attached hydrogens (tertiary/aromatic N) is 3. The van der Waals surface area contributed by atoms with Gasteiger partial charge < -0.3 is 14.5 Å². The molecule has 0 unspecified atom stereocenters. The molecule has 1 aliphatic heterocycles. The number of anilines is 1. The Kier molecular flexibility index (Phi) is 5.18. The second-order valence-electron chi connectivity index (χ2n) is 7.90. The standard InChI is InChI=1S/C23H22N4O5S/c1-15-12-19-20(31-15)13-16(23(28)24-22-8-11-26(2)25-22)14-21(19)32-17-4-6-18(7-5-17)33(29,30)27-9-3-10-27/h4-8,11-14H,3,9-10H2,1-2H3,(H,24,25,28). The number of nitrogens with one attached hydrogen (secondary N) is 1. The van der Waals surface area contributed by atoms with Crippen molar-refractivity contribution in [2.24, 2.45) is 7.05 Å². The van der Waals surface area contributed by atoms with Gasteiger partial charge in [0, 0.05) is 38.0 Å². The van der Waals surface area contributed by atoms with Crippen LogP contribution >= 0.6 is 0 Å². The van der Waals surface area contributed by atoms with Gasteiger partial charge in [0.1, 0.15) is 22.8 Å². The zero-order valence-corrected chi connectivity index (χ0v) is 18.9. The fraction of sp³-hybridized carbons (Fsp3) is 0.217. The van der Waals surface area contributed by atoms with Crippen molar-refractivity contribution in [1.29, 1.82) is 0 Å². The number of fused-ring (bicyclic) bond motifs is 1. The lowest BCUT2D eigenvalue weighted by Crippen LogP contribution is -2.41. The van der Waals surface area contributed by atoms with Gasteiger partial charge in [0.05, 0.1) is 10.3 Å². The molecule has 3 heterocycles. The van der Waals surface area contributed by atoms with Crippen LogP contribution in [0.15, 0.2) is 64.0 Å². The zero-order valence-electron chi connectivity index (χ0n) is 18.1. The topological polar surface area (TPSA) is 107 Å². The van der Waals surface area contributed by atoms with E-state index >= 15 is 0 Å². The molecule has 10 heteroatoms. The van der Waals surface area contributed by atoms with Gasteiger partial charge in [0.25, 0.3) is 5.91 Å². The summed E-state index contributed by atoms with van der Waals surface area (Å²) in [5.74, 6) is 1.62. The Bertz CT molecular complexity index is 1450. The molecule has 1 saturated heterocycles. The number of furan rings is 1. The Morgan fingerprint density at radius 1 is 1.12 bits per heavy atom. The summed E-state index contributed by atoms with van der Waals surface area (Å²) in [5, 5.41) is 7.62. The first-order valence-corrected chi connectivity index (χ1v) is 11.9. The van der Waals surface area contributed by atoms with Crippen LogP contribution in [-0.4, -0.2) is 41.5 Å². The third-order valence-corrected chi connectivity index (χ3v) is 7.36. The second-order valence-corrected chi connectivity index (χ2v) is 9.84. The van der Waals surface area contributed by atoms with Gasteiger partial charge in [-0.05, 0) is 55.8 Å². The van der Waals surface area contributed by atoms with Crippen LogP contribution in [0.5, 0.6) is 11.5 Å². The smallest absolute Gasteiger partial charge is 0.257 e. The molecular weight excluding hydrogens is 444 g/mol. The van der Waals surface area contributed by atoms with E-state index in [-0.39, 0.29) is 10.8 Å². The molecular formula is C23H22N4O5S. The minimum atomic E-state index is -3.47. The predicted molar refractivity (Wildman–Crippen MR) is 122 cm³/mol. The molecule has 4 aromatic rings. The van der Waals surface area contributed by atoms with Gasteiger partial charge in [0.15, 0.2) is 5.82 Å². The molecule has 1 fully saturated rings. The van der Waals surface area contributed by atoms with Crippen LogP contribution in [0.1, 0.15) is 22.5 Å². The van der Waals surface area contributed by atoms with Crippen molar-refractivity contribution in [3.05, 3.63) is 66.1 Å². The molecule has 0 radical (unpaired) electrons. The summed E-state index contributed by atoms with van der Waals surface area (Å²) in [6.45, 7) is 2.91. The Morgan fingerprint density at radius 3 is 2.52 bits per heavy atom. The number of ether oxygens (including phenoxy) is 1. The van der Waals surface area contributed by atoms with E-state index in [1.165, 1.54) is 16.4 Å². The van der Waals surface area contributed by atoms with Gasteiger partial charge in [-0.1, -0.05) is 0 Å². The monoisotopic (exact) mass is 466 g/mol. The van der Waals surface area contributed by atoms with Crippen molar-refractivity contribution in [3.8, 4) is 11.5 Å². The lowest BCUT2D eigenvalue weighted by Gasteiger charge is -2.29. The van der Waals surface area contributed by atoms with Gasteiger partial charge in [-0.2, -0.15) is 9.40 Å². The van der Waals surface area contributed by atoms with Crippen LogP contribution in [-0.2, 0) is 17.1 Å². The maximum Gasteiger partial charge on any atom is 0.257 e. The summed E-state index contributed by atoms with van der Waals surface area (Å²) in [7, 11) is -1.70. The fourth-order valence-corrected chi connectivity index (χ4v) is 5.12. The highest BCUT2D eigenvalue weighted by molar-refractivity contribution is 7.89.